The van der Waals surface area contributed by atoms with Crippen LogP contribution in [0.5, 0.6) is 0 Å². The van der Waals surface area contributed by atoms with Crippen molar-refractivity contribution in [3.8, 4) is 6.07 Å². The van der Waals surface area contributed by atoms with Crippen LogP contribution in [-0.4, -0.2) is 25.2 Å². The molecule has 2 rings (SSSR count). The van der Waals surface area contributed by atoms with Crippen LogP contribution in [0.1, 0.15) is 26.7 Å². The summed E-state index contributed by atoms with van der Waals surface area (Å²) in [6, 6.07) is 9.23. The topological polar surface area (TPSA) is 39.1 Å². The molecule has 0 radical (unpaired) electrons. The molecule has 1 fully saturated rings. The summed E-state index contributed by atoms with van der Waals surface area (Å²) in [7, 11) is 1.91. The first-order valence-electron chi connectivity index (χ1n) is 7.12. The van der Waals surface area contributed by atoms with Crippen LogP contribution in [-0.2, 0) is 0 Å². The third kappa shape index (κ3) is 3.29. The molecule has 1 aromatic rings. The van der Waals surface area contributed by atoms with Gasteiger partial charge in [-0.25, -0.2) is 4.39 Å². The summed E-state index contributed by atoms with van der Waals surface area (Å²) in [6.07, 6.45) is 2.18. The zero-order chi connectivity index (χ0) is 14.8. The summed E-state index contributed by atoms with van der Waals surface area (Å²) in [5, 5.41) is 13.1. The molecule has 3 nitrogen and oxygen atoms in total. The predicted octanol–water partition coefficient (Wildman–Crippen LogP) is 2.93. The van der Waals surface area contributed by atoms with Crippen molar-refractivity contribution in [2.75, 3.05) is 18.5 Å². The van der Waals surface area contributed by atoms with E-state index in [-0.39, 0.29) is 11.9 Å². The monoisotopic (exact) mass is 275 g/mol. The molecule has 1 unspecified atom stereocenters. The largest absolute Gasteiger partial charge is 0.372 e. The van der Waals surface area contributed by atoms with E-state index in [1.54, 1.807) is 6.07 Å². The van der Waals surface area contributed by atoms with Crippen LogP contribution < -0.4 is 10.2 Å². The summed E-state index contributed by atoms with van der Waals surface area (Å²) in [5.74, 6) is 0.144. The molecule has 0 heterocycles. The number of rotatable bonds is 6. The zero-order valence-corrected chi connectivity index (χ0v) is 12.4. The van der Waals surface area contributed by atoms with Crippen LogP contribution in [0, 0.1) is 23.1 Å². The van der Waals surface area contributed by atoms with Crippen LogP contribution in [0.2, 0.25) is 0 Å². The fourth-order valence-electron chi connectivity index (χ4n) is 2.72. The smallest absolute Gasteiger partial charge is 0.127 e. The molecule has 20 heavy (non-hydrogen) atoms. The van der Waals surface area contributed by atoms with E-state index in [2.05, 4.69) is 25.2 Å². The highest BCUT2D eigenvalue weighted by Gasteiger charge is 2.46. The number of likely N-dealkylation sites (N-methyl/N-ethyl adjacent to an activating group) is 1. The molecule has 0 saturated heterocycles. The highest BCUT2D eigenvalue weighted by atomic mass is 19.1. The second kappa shape index (κ2) is 5.80. The van der Waals surface area contributed by atoms with Crippen molar-refractivity contribution in [1.82, 2.24) is 5.32 Å². The fourth-order valence-corrected chi connectivity index (χ4v) is 2.72. The molecule has 0 aromatic heterocycles. The van der Waals surface area contributed by atoms with Crippen molar-refractivity contribution >= 4 is 5.69 Å². The van der Waals surface area contributed by atoms with Gasteiger partial charge in [-0.2, -0.15) is 5.26 Å². The Bertz CT molecular complexity index is 505. The van der Waals surface area contributed by atoms with Crippen molar-refractivity contribution in [1.29, 1.82) is 5.26 Å². The summed E-state index contributed by atoms with van der Waals surface area (Å²) < 4.78 is 13.3. The number of nitrogens with one attached hydrogen (secondary N) is 1. The Balaban J connectivity index is 2.17. The van der Waals surface area contributed by atoms with E-state index in [0.29, 0.717) is 12.5 Å². The molecule has 0 aliphatic heterocycles. The number of hydrogen-bond acceptors (Lipinski definition) is 3. The Hall–Kier alpha value is -1.60. The highest BCUT2D eigenvalue weighted by molar-refractivity contribution is 5.47. The van der Waals surface area contributed by atoms with E-state index in [1.165, 1.54) is 12.1 Å². The Morgan fingerprint density at radius 2 is 2.20 bits per heavy atom. The lowest BCUT2D eigenvalue weighted by Gasteiger charge is -2.35. The lowest BCUT2D eigenvalue weighted by molar-refractivity contribution is 0.339. The van der Waals surface area contributed by atoms with Crippen LogP contribution in [0.25, 0.3) is 0 Å². The highest BCUT2D eigenvalue weighted by Crippen LogP contribution is 2.40. The van der Waals surface area contributed by atoms with Gasteiger partial charge in [-0.05, 0) is 50.8 Å². The van der Waals surface area contributed by atoms with Crippen molar-refractivity contribution < 1.29 is 4.39 Å². The van der Waals surface area contributed by atoms with Gasteiger partial charge in [0.15, 0.2) is 0 Å². The molecule has 0 amide bonds. The molecule has 1 aromatic carbocycles. The maximum atomic E-state index is 13.3. The van der Waals surface area contributed by atoms with Gasteiger partial charge in [0, 0.05) is 25.3 Å². The van der Waals surface area contributed by atoms with Crippen molar-refractivity contribution in [3.63, 3.8) is 0 Å². The Morgan fingerprint density at radius 1 is 1.50 bits per heavy atom. The van der Waals surface area contributed by atoms with Gasteiger partial charge < -0.3 is 4.90 Å². The SMILES string of the molecule is CC(C)NC(C#N)(CN(C)c1cccc(F)c1)C1CC1. The third-order valence-corrected chi connectivity index (χ3v) is 3.76. The van der Waals surface area contributed by atoms with E-state index in [9.17, 15) is 9.65 Å². The van der Waals surface area contributed by atoms with E-state index in [4.69, 9.17) is 0 Å². The Labute approximate surface area is 120 Å². The number of hydrogen-bond donors (Lipinski definition) is 1. The number of benzene rings is 1. The van der Waals surface area contributed by atoms with Gasteiger partial charge in [0.2, 0.25) is 0 Å². The minimum atomic E-state index is -0.546. The second-order valence-electron chi connectivity index (χ2n) is 5.99. The van der Waals surface area contributed by atoms with Gasteiger partial charge >= 0.3 is 0 Å². The standard InChI is InChI=1S/C16H22FN3/c1-12(2)19-16(10-18,13-7-8-13)11-20(3)15-6-4-5-14(17)9-15/h4-6,9,12-13,19H,7-8,11H2,1-3H3. The van der Waals surface area contributed by atoms with Gasteiger partial charge in [0.1, 0.15) is 11.4 Å². The minimum absolute atomic E-state index is 0.246. The molecule has 0 bridgehead atoms. The quantitative estimate of drug-likeness (QED) is 0.867. The van der Waals surface area contributed by atoms with E-state index in [0.717, 1.165) is 18.5 Å². The van der Waals surface area contributed by atoms with Gasteiger partial charge in [0.25, 0.3) is 0 Å². The maximum Gasteiger partial charge on any atom is 0.127 e. The Morgan fingerprint density at radius 3 is 2.70 bits per heavy atom. The minimum Gasteiger partial charge on any atom is -0.372 e. The zero-order valence-electron chi connectivity index (χ0n) is 12.4. The van der Waals surface area contributed by atoms with Gasteiger partial charge in [-0.3, -0.25) is 5.32 Å². The van der Waals surface area contributed by atoms with Crippen molar-refractivity contribution in [2.24, 2.45) is 5.92 Å². The molecule has 4 heteroatoms. The van der Waals surface area contributed by atoms with Crippen LogP contribution in [0.4, 0.5) is 10.1 Å². The number of halogens is 1. The predicted molar refractivity (Wildman–Crippen MR) is 79.0 cm³/mol. The van der Waals surface area contributed by atoms with E-state index >= 15 is 0 Å². The average Bonchev–Trinajstić information content (AvgIpc) is 3.21. The van der Waals surface area contributed by atoms with Gasteiger partial charge in [-0.15, -0.1) is 0 Å². The average molecular weight is 275 g/mol. The van der Waals surface area contributed by atoms with Gasteiger partial charge in [0.05, 0.1) is 6.07 Å². The molecule has 1 aliphatic rings. The molecule has 1 N–H and O–H groups in total. The lowest BCUT2D eigenvalue weighted by atomic mass is 9.93. The van der Waals surface area contributed by atoms with Crippen LogP contribution in [0.15, 0.2) is 24.3 Å². The lowest BCUT2D eigenvalue weighted by Crippen LogP contribution is -2.56. The summed E-state index contributed by atoms with van der Waals surface area (Å²) in [4.78, 5) is 1.96. The van der Waals surface area contributed by atoms with E-state index in [1.807, 2.05) is 18.0 Å². The molecule has 0 spiro atoms. The number of nitriles is 1. The normalized spacial score (nSPS) is 17.6. The van der Waals surface area contributed by atoms with Crippen LogP contribution >= 0.6 is 0 Å². The summed E-state index contributed by atoms with van der Waals surface area (Å²) in [5.41, 5.74) is 0.255. The Kier molecular flexibility index (Phi) is 4.29. The number of anilines is 1. The third-order valence-electron chi connectivity index (χ3n) is 3.76. The van der Waals surface area contributed by atoms with Gasteiger partial charge in [-0.1, -0.05) is 6.07 Å². The summed E-state index contributed by atoms with van der Waals surface area (Å²) in [6.45, 7) is 4.67. The maximum absolute atomic E-state index is 13.3. The fraction of sp³-hybridized carbons (Fsp3) is 0.562. The van der Waals surface area contributed by atoms with Crippen LogP contribution in [0.3, 0.4) is 0 Å². The summed E-state index contributed by atoms with van der Waals surface area (Å²) >= 11 is 0. The first-order valence-corrected chi connectivity index (χ1v) is 7.12. The molecule has 108 valence electrons. The molecule has 1 saturated carbocycles. The molecule has 1 atom stereocenters. The molecule has 1 aliphatic carbocycles. The molecular weight excluding hydrogens is 253 g/mol. The van der Waals surface area contributed by atoms with Crippen molar-refractivity contribution in [2.45, 2.75) is 38.3 Å². The molecular formula is C16H22FN3. The van der Waals surface area contributed by atoms with E-state index < -0.39 is 5.54 Å². The number of nitrogens with zero attached hydrogens (tertiary/aromatic N) is 2. The second-order valence-corrected chi connectivity index (χ2v) is 5.99. The van der Waals surface area contributed by atoms with Crippen molar-refractivity contribution in [3.05, 3.63) is 30.1 Å². The first-order chi connectivity index (χ1) is 9.47. The first kappa shape index (κ1) is 14.8.